The van der Waals surface area contributed by atoms with Gasteiger partial charge in [-0.15, -0.1) is 0 Å². The first kappa shape index (κ1) is 18.8. The Bertz CT molecular complexity index is 779. The molecule has 0 aromatic heterocycles. The first-order valence-corrected chi connectivity index (χ1v) is 9.93. The quantitative estimate of drug-likeness (QED) is 0.641. The third kappa shape index (κ3) is 4.07. The van der Waals surface area contributed by atoms with Gasteiger partial charge in [-0.25, -0.2) is 0 Å². The molecule has 138 valence electrons. The zero-order valence-electron chi connectivity index (χ0n) is 16.1. The summed E-state index contributed by atoms with van der Waals surface area (Å²) in [7, 11) is 0. The van der Waals surface area contributed by atoms with Crippen LogP contribution >= 0.6 is 11.6 Å². The van der Waals surface area contributed by atoms with E-state index in [1.165, 1.54) is 43.4 Å². The van der Waals surface area contributed by atoms with Gasteiger partial charge in [-0.3, -0.25) is 0 Å². The van der Waals surface area contributed by atoms with Crippen molar-refractivity contribution in [2.24, 2.45) is 0 Å². The summed E-state index contributed by atoms with van der Waals surface area (Å²) >= 11 is 6.51. The van der Waals surface area contributed by atoms with Crippen molar-refractivity contribution in [2.75, 3.05) is 0 Å². The second-order valence-electron chi connectivity index (χ2n) is 7.43. The predicted molar refractivity (Wildman–Crippen MR) is 113 cm³/mol. The lowest BCUT2D eigenvalue weighted by Gasteiger charge is -2.36. The molecule has 0 spiro atoms. The SMILES string of the molecule is C=C1C=C(C)C=C(C)N1/C(NC1CCCCC1)=C(\C)c1ccccc1Cl. The van der Waals surface area contributed by atoms with Gasteiger partial charge in [-0.1, -0.05) is 55.6 Å². The van der Waals surface area contributed by atoms with Crippen molar-refractivity contribution in [3.05, 3.63) is 76.4 Å². The van der Waals surface area contributed by atoms with Gasteiger partial charge < -0.3 is 10.2 Å². The maximum atomic E-state index is 6.51. The second kappa shape index (κ2) is 8.18. The van der Waals surface area contributed by atoms with Crippen molar-refractivity contribution in [3.8, 4) is 0 Å². The van der Waals surface area contributed by atoms with Gasteiger partial charge in [0.05, 0.1) is 0 Å². The average Bonchev–Trinajstić information content (AvgIpc) is 2.61. The van der Waals surface area contributed by atoms with E-state index < -0.39 is 0 Å². The highest BCUT2D eigenvalue weighted by Gasteiger charge is 2.24. The molecule has 3 heteroatoms. The predicted octanol–water partition coefficient (Wildman–Crippen LogP) is 6.63. The lowest BCUT2D eigenvalue weighted by atomic mass is 9.95. The van der Waals surface area contributed by atoms with Crippen LogP contribution in [0.4, 0.5) is 0 Å². The Labute approximate surface area is 162 Å². The van der Waals surface area contributed by atoms with Gasteiger partial charge in [0.1, 0.15) is 5.82 Å². The minimum atomic E-state index is 0.504. The average molecular weight is 369 g/mol. The molecule has 1 fully saturated rings. The summed E-state index contributed by atoms with van der Waals surface area (Å²) in [6, 6.07) is 8.57. The summed E-state index contributed by atoms with van der Waals surface area (Å²) in [6.07, 6.45) is 10.7. The molecule has 2 aliphatic rings. The van der Waals surface area contributed by atoms with Crippen molar-refractivity contribution in [1.29, 1.82) is 0 Å². The molecular formula is C23H29ClN2. The van der Waals surface area contributed by atoms with Crippen LogP contribution in [0, 0.1) is 0 Å². The summed E-state index contributed by atoms with van der Waals surface area (Å²) in [5.74, 6) is 1.10. The summed E-state index contributed by atoms with van der Waals surface area (Å²) in [5, 5.41) is 4.62. The molecule has 0 amide bonds. The van der Waals surface area contributed by atoms with Crippen LogP contribution in [-0.4, -0.2) is 10.9 Å². The first-order valence-electron chi connectivity index (χ1n) is 9.55. The molecule has 26 heavy (non-hydrogen) atoms. The number of hydrogen-bond donors (Lipinski definition) is 1. The van der Waals surface area contributed by atoms with E-state index in [0.717, 1.165) is 27.7 Å². The third-order valence-electron chi connectivity index (χ3n) is 5.27. The molecule has 0 bridgehead atoms. The highest BCUT2D eigenvalue weighted by molar-refractivity contribution is 6.32. The fourth-order valence-corrected chi connectivity index (χ4v) is 4.26. The van der Waals surface area contributed by atoms with E-state index in [1.54, 1.807) is 0 Å². The Morgan fingerprint density at radius 1 is 1.12 bits per heavy atom. The maximum Gasteiger partial charge on any atom is 0.114 e. The topological polar surface area (TPSA) is 15.3 Å². The molecule has 0 radical (unpaired) electrons. The Hall–Kier alpha value is -1.93. The summed E-state index contributed by atoms with van der Waals surface area (Å²) in [5.41, 5.74) is 5.63. The molecule has 1 aliphatic heterocycles. The van der Waals surface area contributed by atoms with E-state index in [2.05, 4.69) is 55.8 Å². The van der Waals surface area contributed by atoms with Gasteiger partial charge in [0.15, 0.2) is 0 Å². The molecule has 1 saturated carbocycles. The number of halogens is 1. The number of hydrogen-bond acceptors (Lipinski definition) is 2. The molecule has 0 saturated heterocycles. The number of nitrogens with one attached hydrogen (secondary N) is 1. The molecule has 1 aromatic rings. The Kier molecular flexibility index (Phi) is 5.93. The highest BCUT2D eigenvalue weighted by Crippen LogP contribution is 2.33. The third-order valence-corrected chi connectivity index (χ3v) is 5.60. The van der Waals surface area contributed by atoms with Crippen LogP contribution < -0.4 is 5.32 Å². The lowest BCUT2D eigenvalue weighted by molar-refractivity contribution is 0.361. The van der Waals surface area contributed by atoms with Gasteiger partial charge in [0, 0.05) is 22.5 Å². The number of nitrogens with zero attached hydrogens (tertiary/aromatic N) is 1. The van der Waals surface area contributed by atoms with Crippen molar-refractivity contribution in [1.82, 2.24) is 10.2 Å². The van der Waals surface area contributed by atoms with E-state index in [9.17, 15) is 0 Å². The van der Waals surface area contributed by atoms with Crippen LogP contribution in [0.1, 0.15) is 58.4 Å². The standard InChI is InChI=1S/C23H29ClN2/c1-16-14-17(2)26(18(3)15-16)23(25-20-10-6-5-7-11-20)19(4)21-12-8-9-13-22(21)24/h8-9,12-15,20,25H,2,5-7,10-11H2,1,3-4H3/b23-19+. The zero-order chi connectivity index (χ0) is 18.7. The first-order chi connectivity index (χ1) is 12.5. The smallest absolute Gasteiger partial charge is 0.114 e. The van der Waals surface area contributed by atoms with Crippen molar-refractivity contribution >= 4 is 17.2 Å². The van der Waals surface area contributed by atoms with Crippen LogP contribution in [0.2, 0.25) is 5.02 Å². The number of benzene rings is 1. The molecule has 1 aromatic carbocycles. The number of rotatable bonds is 4. The molecule has 0 unspecified atom stereocenters. The Morgan fingerprint density at radius 2 is 1.81 bits per heavy atom. The van der Waals surface area contributed by atoms with Crippen LogP contribution in [0.3, 0.4) is 0 Å². The van der Waals surface area contributed by atoms with Gasteiger partial charge >= 0.3 is 0 Å². The van der Waals surface area contributed by atoms with E-state index in [1.807, 2.05) is 18.2 Å². The zero-order valence-corrected chi connectivity index (χ0v) is 16.9. The van der Waals surface area contributed by atoms with E-state index in [-0.39, 0.29) is 0 Å². The van der Waals surface area contributed by atoms with Gasteiger partial charge in [-0.05, 0) is 68.5 Å². The fraction of sp³-hybridized carbons (Fsp3) is 0.391. The van der Waals surface area contributed by atoms with Crippen LogP contribution in [0.25, 0.3) is 5.57 Å². The molecule has 1 N–H and O–H groups in total. The summed E-state index contributed by atoms with van der Waals surface area (Å²) in [4.78, 5) is 2.24. The van der Waals surface area contributed by atoms with Crippen LogP contribution in [0.15, 0.2) is 65.8 Å². The van der Waals surface area contributed by atoms with Crippen LogP contribution in [0.5, 0.6) is 0 Å². The maximum absolute atomic E-state index is 6.51. The van der Waals surface area contributed by atoms with E-state index in [4.69, 9.17) is 11.6 Å². The largest absolute Gasteiger partial charge is 0.368 e. The van der Waals surface area contributed by atoms with Crippen LogP contribution in [-0.2, 0) is 0 Å². The summed E-state index contributed by atoms with van der Waals surface area (Å²) in [6.45, 7) is 10.7. The molecule has 0 atom stereocenters. The van der Waals surface area contributed by atoms with Crippen molar-refractivity contribution < 1.29 is 0 Å². The molecule has 1 heterocycles. The highest BCUT2D eigenvalue weighted by atomic mass is 35.5. The molecule has 3 rings (SSSR count). The molecule has 2 nitrogen and oxygen atoms in total. The lowest BCUT2D eigenvalue weighted by Crippen LogP contribution is -2.38. The van der Waals surface area contributed by atoms with E-state index >= 15 is 0 Å². The Morgan fingerprint density at radius 3 is 2.46 bits per heavy atom. The van der Waals surface area contributed by atoms with Gasteiger partial charge in [0.2, 0.25) is 0 Å². The minimum absolute atomic E-state index is 0.504. The van der Waals surface area contributed by atoms with E-state index in [0.29, 0.717) is 6.04 Å². The number of allylic oxidation sites excluding steroid dienone is 5. The monoisotopic (exact) mass is 368 g/mol. The fourth-order valence-electron chi connectivity index (χ4n) is 3.98. The molecule has 1 aliphatic carbocycles. The summed E-state index contributed by atoms with van der Waals surface area (Å²) < 4.78 is 0. The van der Waals surface area contributed by atoms with Crippen molar-refractivity contribution in [2.45, 2.75) is 58.9 Å². The second-order valence-corrected chi connectivity index (χ2v) is 7.84. The minimum Gasteiger partial charge on any atom is -0.368 e. The Balaban J connectivity index is 2.04. The normalized spacial score (nSPS) is 19.7. The van der Waals surface area contributed by atoms with Gasteiger partial charge in [-0.2, -0.15) is 0 Å². The van der Waals surface area contributed by atoms with Gasteiger partial charge in [0.25, 0.3) is 0 Å². The molecular weight excluding hydrogens is 340 g/mol. The van der Waals surface area contributed by atoms with Crippen molar-refractivity contribution in [3.63, 3.8) is 0 Å².